The predicted molar refractivity (Wildman–Crippen MR) is 117 cm³/mol. The molecule has 0 atom stereocenters. The molecule has 32 heavy (non-hydrogen) atoms. The van der Waals surface area contributed by atoms with E-state index in [9.17, 15) is 18.0 Å². The van der Waals surface area contributed by atoms with Crippen molar-refractivity contribution in [1.29, 1.82) is 0 Å². The molecule has 2 aromatic carbocycles. The standard InChI is InChI=1S/C23H18F3N3O2S/c1-2-31-19-7-4-3-6-17(19)27-22(30)15-9-11-16(12-10-15)29-18(20-8-5-13-32-20)14-21(28-29)23(24,25)26/h3-14H,2H2,1H3,(H,27,30). The largest absolute Gasteiger partial charge is 0.492 e. The van der Waals surface area contributed by atoms with E-state index in [0.717, 1.165) is 6.07 Å². The molecule has 0 saturated carbocycles. The Bertz CT molecular complexity index is 1220. The Kier molecular flexibility index (Phi) is 6.00. The van der Waals surface area contributed by atoms with Crippen LogP contribution in [0.15, 0.2) is 72.1 Å². The van der Waals surface area contributed by atoms with Gasteiger partial charge in [0.15, 0.2) is 5.69 Å². The van der Waals surface area contributed by atoms with Gasteiger partial charge in [0.2, 0.25) is 0 Å². The Morgan fingerprint density at radius 2 is 1.84 bits per heavy atom. The van der Waals surface area contributed by atoms with E-state index in [1.165, 1.54) is 16.0 Å². The molecule has 0 fully saturated rings. The van der Waals surface area contributed by atoms with Gasteiger partial charge in [-0.25, -0.2) is 4.68 Å². The number of nitrogens with one attached hydrogen (secondary N) is 1. The molecule has 0 aliphatic carbocycles. The molecule has 0 aliphatic rings. The number of hydrogen-bond donors (Lipinski definition) is 1. The average molecular weight is 457 g/mol. The fourth-order valence-corrected chi connectivity index (χ4v) is 3.84. The van der Waals surface area contributed by atoms with Crippen molar-refractivity contribution in [2.24, 2.45) is 0 Å². The second-order valence-electron chi connectivity index (χ2n) is 6.73. The maximum Gasteiger partial charge on any atom is 0.435 e. The maximum absolute atomic E-state index is 13.3. The molecule has 0 bridgehead atoms. The summed E-state index contributed by atoms with van der Waals surface area (Å²) in [6.45, 7) is 2.30. The van der Waals surface area contributed by atoms with Gasteiger partial charge >= 0.3 is 6.18 Å². The number of amides is 1. The second-order valence-corrected chi connectivity index (χ2v) is 7.68. The maximum atomic E-state index is 13.3. The third-order valence-electron chi connectivity index (χ3n) is 4.58. The number of ether oxygens (including phenoxy) is 1. The van der Waals surface area contributed by atoms with Crippen LogP contribution < -0.4 is 10.1 Å². The second kappa shape index (κ2) is 8.88. The highest BCUT2D eigenvalue weighted by Gasteiger charge is 2.35. The zero-order valence-corrected chi connectivity index (χ0v) is 17.7. The monoisotopic (exact) mass is 457 g/mol. The van der Waals surface area contributed by atoms with Crippen LogP contribution in [-0.2, 0) is 6.18 Å². The Balaban J connectivity index is 1.62. The van der Waals surface area contributed by atoms with Crippen molar-refractivity contribution in [2.75, 3.05) is 11.9 Å². The summed E-state index contributed by atoms with van der Waals surface area (Å²) >= 11 is 1.32. The first-order valence-corrected chi connectivity index (χ1v) is 10.6. The molecule has 164 valence electrons. The molecule has 4 aromatic rings. The van der Waals surface area contributed by atoms with Crippen LogP contribution in [-0.4, -0.2) is 22.3 Å². The lowest BCUT2D eigenvalue weighted by Gasteiger charge is -2.12. The molecule has 0 saturated heterocycles. The molecule has 2 heterocycles. The van der Waals surface area contributed by atoms with E-state index in [1.807, 2.05) is 6.92 Å². The van der Waals surface area contributed by atoms with Gasteiger partial charge in [0, 0.05) is 5.56 Å². The number of carbonyl (C=O) groups is 1. The molecule has 0 unspecified atom stereocenters. The van der Waals surface area contributed by atoms with Gasteiger partial charge in [-0.05, 0) is 60.8 Å². The molecule has 1 N–H and O–H groups in total. The van der Waals surface area contributed by atoms with Crippen molar-refractivity contribution in [3.05, 3.63) is 83.4 Å². The summed E-state index contributed by atoms with van der Waals surface area (Å²) in [5.74, 6) is 0.190. The summed E-state index contributed by atoms with van der Waals surface area (Å²) < 4.78 is 46.6. The number of thiophene rings is 1. The Hall–Kier alpha value is -3.59. The lowest BCUT2D eigenvalue weighted by molar-refractivity contribution is -0.141. The number of para-hydroxylation sites is 2. The van der Waals surface area contributed by atoms with E-state index in [4.69, 9.17) is 4.74 Å². The number of aromatic nitrogens is 2. The summed E-state index contributed by atoms with van der Waals surface area (Å²) in [6.07, 6.45) is -4.56. The average Bonchev–Trinajstić information content (AvgIpc) is 3.45. The lowest BCUT2D eigenvalue weighted by Crippen LogP contribution is -2.13. The van der Waals surface area contributed by atoms with E-state index in [0.29, 0.717) is 39.9 Å². The summed E-state index contributed by atoms with van der Waals surface area (Å²) in [5.41, 5.74) is 0.645. The van der Waals surface area contributed by atoms with Crippen LogP contribution in [0.3, 0.4) is 0 Å². The molecule has 4 rings (SSSR count). The highest BCUT2D eigenvalue weighted by Crippen LogP contribution is 2.34. The van der Waals surface area contributed by atoms with Gasteiger partial charge in [-0.3, -0.25) is 4.79 Å². The Morgan fingerprint density at radius 1 is 1.09 bits per heavy atom. The number of anilines is 1. The van der Waals surface area contributed by atoms with Crippen molar-refractivity contribution in [3.63, 3.8) is 0 Å². The van der Waals surface area contributed by atoms with Gasteiger partial charge < -0.3 is 10.1 Å². The fraction of sp³-hybridized carbons (Fsp3) is 0.130. The molecule has 9 heteroatoms. The number of hydrogen-bond acceptors (Lipinski definition) is 4. The van der Waals surface area contributed by atoms with Crippen LogP contribution in [0.2, 0.25) is 0 Å². The number of alkyl halides is 3. The molecule has 1 amide bonds. The number of rotatable bonds is 6. The van der Waals surface area contributed by atoms with Gasteiger partial charge in [0.05, 0.1) is 28.6 Å². The number of halogens is 3. The minimum Gasteiger partial charge on any atom is -0.492 e. The van der Waals surface area contributed by atoms with Gasteiger partial charge in [-0.15, -0.1) is 11.3 Å². The third kappa shape index (κ3) is 4.52. The molecular weight excluding hydrogens is 439 g/mol. The molecular formula is C23H18F3N3O2S. The first kappa shape index (κ1) is 21.6. The highest BCUT2D eigenvalue weighted by molar-refractivity contribution is 7.13. The third-order valence-corrected chi connectivity index (χ3v) is 5.47. The molecule has 0 spiro atoms. The van der Waals surface area contributed by atoms with Crippen LogP contribution in [0.4, 0.5) is 18.9 Å². The summed E-state index contributed by atoms with van der Waals surface area (Å²) in [4.78, 5) is 13.3. The van der Waals surface area contributed by atoms with E-state index < -0.39 is 11.9 Å². The lowest BCUT2D eigenvalue weighted by atomic mass is 10.2. The molecule has 0 aliphatic heterocycles. The predicted octanol–water partition coefficient (Wildman–Crippen LogP) is 6.27. The number of carbonyl (C=O) groups excluding carboxylic acids is 1. The van der Waals surface area contributed by atoms with E-state index in [1.54, 1.807) is 66.0 Å². The van der Waals surface area contributed by atoms with Crippen molar-refractivity contribution in [2.45, 2.75) is 13.1 Å². The minimum atomic E-state index is -4.56. The fourth-order valence-electron chi connectivity index (χ4n) is 3.12. The zero-order chi connectivity index (χ0) is 22.7. The van der Waals surface area contributed by atoms with Crippen molar-refractivity contribution >= 4 is 22.9 Å². The van der Waals surface area contributed by atoms with Gasteiger partial charge in [-0.1, -0.05) is 18.2 Å². The Morgan fingerprint density at radius 3 is 2.50 bits per heavy atom. The highest BCUT2D eigenvalue weighted by atomic mass is 32.1. The van der Waals surface area contributed by atoms with Crippen LogP contribution in [0.1, 0.15) is 23.0 Å². The molecule has 5 nitrogen and oxygen atoms in total. The van der Waals surface area contributed by atoms with Crippen LogP contribution in [0.5, 0.6) is 5.75 Å². The Labute approximate surface area is 186 Å². The van der Waals surface area contributed by atoms with Crippen LogP contribution in [0.25, 0.3) is 16.3 Å². The smallest absolute Gasteiger partial charge is 0.435 e. The van der Waals surface area contributed by atoms with E-state index >= 15 is 0 Å². The van der Waals surface area contributed by atoms with Gasteiger partial charge in [0.25, 0.3) is 5.91 Å². The molecule has 0 radical (unpaired) electrons. The van der Waals surface area contributed by atoms with Crippen molar-refractivity contribution in [1.82, 2.24) is 9.78 Å². The van der Waals surface area contributed by atoms with E-state index in [2.05, 4.69) is 10.4 Å². The van der Waals surface area contributed by atoms with E-state index in [-0.39, 0.29) is 5.91 Å². The number of benzene rings is 2. The first-order valence-electron chi connectivity index (χ1n) is 9.71. The topological polar surface area (TPSA) is 56.1 Å². The summed E-state index contributed by atoms with van der Waals surface area (Å²) in [6, 6.07) is 17.8. The molecule has 2 aromatic heterocycles. The minimum absolute atomic E-state index is 0.329. The van der Waals surface area contributed by atoms with Crippen LogP contribution in [0, 0.1) is 0 Å². The van der Waals surface area contributed by atoms with Gasteiger partial charge in [0.1, 0.15) is 5.75 Å². The SMILES string of the molecule is CCOc1ccccc1NC(=O)c1ccc(-n2nc(C(F)(F)F)cc2-c2cccs2)cc1. The van der Waals surface area contributed by atoms with Crippen molar-refractivity contribution < 1.29 is 22.7 Å². The number of nitrogens with zero attached hydrogens (tertiary/aromatic N) is 2. The summed E-state index contributed by atoms with van der Waals surface area (Å²) in [7, 11) is 0. The first-order chi connectivity index (χ1) is 15.4. The zero-order valence-electron chi connectivity index (χ0n) is 16.9. The van der Waals surface area contributed by atoms with Crippen LogP contribution >= 0.6 is 11.3 Å². The normalized spacial score (nSPS) is 11.4. The van der Waals surface area contributed by atoms with Crippen molar-refractivity contribution in [3.8, 4) is 22.0 Å². The van der Waals surface area contributed by atoms with Gasteiger partial charge in [-0.2, -0.15) is 18.3 Å². The summed E-state index contributed by atoms with van der Waals surface area (Å²) in [5, 5.41) is 8.34. The quantitative estimate of drug-likeness (QED) is 0.371.